The van der Waals surface area contributed by atoms with E-state index in [0.717, 1.165) is 4.57 Å². The van der Waals surface area contributed by atoms with Gasteiger partial charge < -0.3 is 10.0 Å². The monoisotopic (exact) mass is 255 g/mol. The van der Waals surface area contributed by atoms with E-state index in [1.165, 1.54) is 17.2 Å². The molecular formula is C11H17N3O4. The maximum Gasteiger partial charge on any atom is 0.328 e. The summed E-state index contributed by atoms with van der Waals surface area (Å²) in [5, 5.41) is 9.11. The van der Waals surface area contributed by atoms with Crippen LogP contribution in [0.2, 0.25) is 0 Å². The van der Waals surface area contributed by atoms with Crippen molar-refractivity contribution in [3.63, 3.8) is 0 Å². The SMILES string of the molecule is CC(O)CCN(C)C(=O)Cn1ccc(=O)[nH]c1=O. The van der Waals surface area contributed by atoms with Crippen molar-refractivity contribution >= 4 is 5.91 Å². The van der Waals surface area contributed by atoms with Gasteiger partial charge in [0, 0.05) is 25.9 Å². The number of hydrogen-bond acceptors (Lipinski definition) is 4. The highest BCUT2D eigenvalue weighted by atomic mass is 16.3. The molecule has 1 atom stereocenters. The van der Waals surface area contributed by atoms with Crippen LogP contribution in [0.4, 0.5) is 0 Å². The normalized spacial score (nSPS) is 12.2. The van der Waals surface area contributed by atoms with E-state index in [2.05, 4.69) is 4.98 Å². The Kier molecular flexibility index (Phi) is 4.85. The number of carbonyl (C=O) groups is 1. The molecule has 0 saturated carbocycles. The number of likely N-dealkylation sites (N-methyl/N-ethyl adjacent to an activating group) is 1. The van der Waals surface area contributed by atoms with Crippen LogP contribution in [-0.4, -0.2) is 45.2 Å². The molecule has 0 fully saturated rings. The lowest BCUT2D eigenvalue weighted by atomic mass is 10.3. The summed E-state index contributed by atoms with van der Waals surface area (Å²) < 4.78 is 1.13. The summed E-state index contributed by atoms with van der Waals surface area (Å²) in [6, 6.07) is 1.18. The number of nitrogens with zero attached hydrogens (tertiary/aromatic N) is 2. The molecule has 1 aromatic rings. The van der Waals surface area contributed by atoms with Crippen molar-refractivity contribution < 1.29 is 9.90 Å². The van der Waals surface area contributed by atoms with Crippen LogP contribution in [0.1, 0.15) is 13.3 Å². The zero-order valence-electron chi connectivity index (χ0n) is 10.4. The second-order valence-corrected chi connectivity index (χ2v) is 4.19. The Labute approximate surface area is 104 Å². The molecule has 7 nitrogen and oxygen atoms in total. The Bertz CT molecular complexity index is 518. The molecule has 0 aliphatic heterocycles. The second-order valence-electron chi connectivity index (χ2n) is 4.19. The first kappa shape index (κ1) is 14.2. The number of aliphatic hydroxyl groups is 1. The van der Waals surface area contributed by atoms with Gasteiger partial charge in [-0.15, -0.1) is 0 Å². The van der Waals surface area contributed by atoms with Gasteiger partial charge in [0.15, 0.2) is 0 Å². The van der Waals surface area contributed by atoms with Gasteiger partial charge in [-0.2, -0.15) is 0 Å². The zero-order valence-corrected chi connectivity index (χ0v) is 10.4. The van der Waals surface area contributed by atoms with E-state index in [1.807, 2.05) is 0 Å². The lowest BCUT2D eigenvalue weighted by Gasteiger charge is -2.18. The van der Waals surface area contributed by atoms with Gasteiger partial charge in [-0.1, -0.05) is 0 Å². The van der Waals surface area contributed by atoms with E-state index >= 15 is 0 Å². The van der Waals surface area contributed by atoms with Crippen LogP contribution >= 0.6 is 0 Å². The smallest absolute Gasteiger partial charge is 0.328 e. The predicted octanol–water partition coefficient (Wildman–Crippen LogP) is -1.23. The molecule has 1 rings (SSSR count). The maximum absolute atomic E-state index is 11.8. The first-order valence-corrected chi connectivity index (χ1v) is 5.62. The fourth-order valence-corrected chi connectivity index (χ4v) is 1.34. The van der Waals surface area contributed by atoms with E-state index in [0.29, 0.717) is 13.0 Å². The van der Waals surface area contributed by atoms with E-state index in [9.17, 15) is 14.4 Å². The number of nitrogens with one attached hydrogen (secondary N) is 1. The number of aliphatic hydroxyl groups excluding tert-OH is 1. The van der Waals surface area contributed by atoms with Crippen molar-refractivity contribution in [2.45, 2.75) is 26.0 Å². The van der Waals surface area contributed by atoms with Crippen molar-refractivity contribution in [2.75, 3.05) is 13.6 Å². The summed E-state index contributed by atoms with van der Waals surface area (Å²) in [5.41, 5.74) is -1.11. The average molecular weight is 255 g/mol. The molecule has 2 N–H and O–H groups in total. The molecule has 0 spiro atoms. The highest BCUT2D eigenvalue weighted by Gasteiger charge is 2.11. The standard InChI is InChI=1S/C11H17N3O4/c1-8(15)3-5-13(2)10(17)7-14-6-4-9(16)12-11(14)18/h4,6,8,15H,3,5,7H2,1-2H3,(H,12,16,18). The van der Waals surface area contributed by atoms with E-state index < -0.39 is 17.4 Å². The minimum Gasteiger partial charge on any atom is -0.393 e. The molecule has 1 amide bonds. The zero-order chi connectivity index (χ0) is 13.7. The topological polar surface area (TPSA) is 95.4 Å². The molecule has 0 aliphatic carbocycles. The van der Waals surface area contributed by atoms with E-state index in [1.54, 1.807) is 14.0 Å². The van der Waals surface area contributed by atoms with Gasteiger partial charge in [-0.25, -0.2) is 4.79 Å². The minimum absolute atomic E-state index is 0.133. The van der Waals surface area contributed by atoms with Crippen molar-refractivity contribution in [2.24, 2.45) is 0 Å². The lowest BCUT2D eigenvalue weighted by molar-refractivity contribution is -0.130. The Morgan fingerprint density at radius 1 is 1.56 bits per heavy atom. The second kappa shape index (κ2) is 6.15. The molecule has 0 aromatic carbocycles. The highest BCUT2D eigenvalue weighted by Crippen LogP contribution is 1.95. The Balaban J connectivity index is 2.64. The average Bonchev–Trinajstić information content (AvgIpc) is 2.29. The summed E-state index contributed by atoms with van der Waals surface area (Å²) in [6.45, 7) is 1.92. The molecule has 0 bridgehead atoms. The minimum atomic E-state index is -0.611. The third kappa shape index (κ3) is 4.17. The number of carbonyl (C=O) groups excluding carboxylic acids is 1. The third-order valence-electron chi connectivity index (χ3n) is 2.51. The van der Waals surface area contributed by atoms with Crippen LogP contribution in [0.5, 0.6) is 0 Å². The van der Waals surface area contributed by atoms with Crippen molar-refractivity contribution in [3.8, 4) is 0 Å². The Morgan fingerprint density at radius 3 is 2.78 bits per heavy atom. The summed E-state index contributed by atoms with van der Waals surface area (Å²) >= 11 is 0. The van der Waals surface area contributed by atoms with Gasteiger partial charge >= 0.3 is 5.69 Å². The van der Waals surface area contributed by atoms with Crippen LogP contribution < -0.4 is 11.2 Å². The number of H-pyrrole nitrogens is 1. The first-order valence-electron chi connectivity index (χ1n) is 5.62. The van der Waals surface area contributed by atoms with Crippen molar-refractivity contribution in [1.82, 2.24) is 14.5 Å². The Hall–Kier alpha value is -1.89. The molecule has 100 valence electrons. The summed E-state index contributed by atoms with van der Waals surface area (Å²) in [4.78, 5) is 37.5. The molecule has 1 heterocycles. The Morgan fingerprint density at radius 2 is 2.22 bits per heavy atom. The van der Waals surface area contributed by atoms with Gasteiger partial charge in [-0.05, 0) is 13.3 Å². The van der Waals surface area contributed by atoms with E-state index in [4.69, 9.17) is 5.11 Å². The largest absolute Gasteiger partial charge is 0.393 e. The molecule has 0 saturated heterocycles. The van der Waals surface area contributed by atoms with Crippen LogP contribution in [0, 0.1) is 0 Å². The third-order valence-corrected chi connectivity index (χ3v) is 2.51. The van der Waals surface area contributed by atoms with Crippen LogP contribution in [-0.2, 0) is 11.3 Å². The summed E-state index contributed by atoms with van der Waals surface area (Å²) in [7, 11) is 1.60. The van der Waals surface area contributed by atoms with Gasteiger partial charge in [0.2, 0.25) is 5.91 Å². The molecule has 0 aliphatic rings. The van der Waals surface area contributed by atoms with Gasteiger partial charge in [0.1, 0.15) is 6.54 Å². The van der Waals surface area contributed by atoms with E-state index in [-0.39, 0.29) is 12.5 Å². The van der Waals surface area contributed by atoms with Crippen LogP contribution in [0.15, 0.2) is 21.9 Å². The number of aromatic amines is 1. The molecule has 18 heavy (non-hydrogen) atoms. The molecular weight excluding hydrogens is 238 g/mol. The highest BCUT2D eigenvalue weighted by molar-refractivity contribution is 5.75. The number of rotatable bonds is 5. The molecule has 1 unspecified atom stereocenters. The first-order chi connectivity index (χ1) is 8.40. The fourth-order valence-electron chi connectivity index (χ4n) is 1.34. The van der Waals surface area contributed by atoms with Gasteiger partial charge in [-0.3, -0.25) is 19.1 Å². The lowest BCUT2D eigenvalue weighted by Crippen LogP contribution is -2.37. The molecule has 7 heteroatoms. The van der Waals surface area contributed by atoms with Crippen molar-refractivity contribution in [1.29, 1.82) is 0 Å². The van der Waals surface area contributed by atoms with Gasteiger partial charge in [0.25, 0.3) is 5.56 Å². The summed E-state index contributed by atoms with van der Waals surface area (Å²) in [5.74, 6) is -0.259. The van der Waals surface area contributed by atoms with Crippen LogP contribution in [0.25, 0.3) is 0 Å². The maximum atomic E-state index is 11.8. The fraction of sp³-hybridized carbons (Fsp3) is 0.545. The number of aromatic nitrogens is 2. The number of amides is 1. The van der Waals surface area contributed by atoms with Crippen LogP contribution in [0.3, 0.4) is 0 Å². The van der Waals surface area contributed by atoms with Gasteiger partial charge in [0.05, 0.1) is 6.10 Å². The molecule has 0 radical (unpaired) electrons. The predicted molar refractivity (Wildman–Crippen MR) is 65.3 cm³/mol. The molecule has 1 aromatic heterocycles. The quantitative estimate of drug-likeness (QED) is 0.688. The number of hydrogen-bond donors (Lipinski definition) is 2. The summed E-state index contributed by atoms with van der Waals surface area (Å²) in [6.07, 6.45) is 1.28. The van der Waals surface area contributed by atoms with Crippen molar-refractivity contribution in [3.05, 3.63) is 33.1 Å².